The molecule has 6 nitrogen and oxygen atoms in total. The number of aryl methyl sites for hydroxylation is 1. The Labute approximate surface area is 117 Å². The first kappa shape index (κ1) is 12.6. The van der Waals surface area contributed by atoms with Crippen LogP contribution in [0.25, 0.3) is 11.0 Å². The van der Waals surface area contributed by atoms with Crippen molar-refractivity contribution in [2.75, 3.05) is 0 Å². The predicted molar refractivity (Wildman–Crippen MR) is 76.9 cm³/mol. The number of carbonyl (C=O) groups excluding carboxylic acids is 1. The first-order valence-electron chi connectivity index (χ1n) is 6.03. The first-order chi connectivity index (χ1) is 9.63. The number of benzene rings is 1. The molecular formula is C13H12N4O2S. The Morgan fingerprint density at radius 2 is 2.15 bits per heavy atom. The molecule has 0 aliphatic heterocycles. The van der Waals surface area contributed by atoms with E-state index in [9.17, 15) is 9.59 Å². The maximum absolute atomic E-state index is 12.0. The zero-order valence-electron chi connectivity index (χ0n) is 10.7. The maximum atomic E-state index is 12.0. The fourth-order valence-corrected chi connectivity index (χ4v) is 2.69. The summed E-state index contributed by atoms with van der Waals surface area (Å²) in [5.74, 6) is -0.132. The van der Waals surface area contributed by atoms with Gasteiger partial charge in [-0.25, -0.2) is 9.78 Å². The minimum Gasteiger partial charge on any atom is -0.347 e. The number of carbonyl (C=O) groups is 1. The summed E-state index contributed by atoms with van der Waals surface area (Å²) in [6.07, 6.45) is 0. The zero-order chi connectivity index (χ0) is 14.1. The lowest BCUT2D eigenvalue weighted by Gasteiger charge is -2.04. The Bertz CT molecular complexity index is 830. The number of aromatic amines is 2. The molecule has 0 fully saturated rings. The number of amides is 1. The summed E-state index contributed by atoms with van der Waals surface area (Å²) in [5.41, 5.74) is 4.56. The van der Waals surface area contributed by atoms with Crippen molar-refractivity contribution in [3.05, 3.63) is 50.3 Å². The predicted octanol–water partition coefficient (Wildman–Crippen LogP) is 1.55. The van der Waals surface area contributed by atoms with Crippen LogP contribution in [-0.4, -0.2) is 20.9 Å². The highest BCUT2D eigenvalue weighted by molar-refractivity contribution is 7.11. The van der Waals surface area contributed by atoms with Gasteiger partial charge in [0.05, 0.1) is 22.2 Å². The van der Waals surface area contributed by atoms with Crippen molar-refractivity contribution in [1.29, 1.82) is 0 Å². The Morgan fingerprint density at radius 3 is 2.90 bits per heavy atom. The van der Waals surface area contributed by atoms with Crippen molar-refractivity contribution < 1.29 is 4.79 Å². The number of thiazole rings is 1. The van der Waals surface area contributed by atoms with Crippen LogP contribution in [0.15, 0.2) is 28.5 Å². The molecule has 7 heteroatoms. The summed E-state index contributed by atoms with van der Waals surface area (Å²) in [4.78, 5) is 33.2. The number of hydrogen-bond acceptors (Lipinski definition) is 4. The lowest BCUT2D eigenvalue weighted by Crippen LogP contribution is -2.22. The second kappa shape index (κ2) is 4.93. The molecule has 2 heterocycles. The van der Waals surface area contributed by atoms with E-state index in [-0.39, 0.29) is 11.6 Å². The molecule has 0 spiro atoms. The van der Waals surface area contributed by atoms with Gasteiger partial charge in [0.25, 0.3) is 5.91 Å². The second-order valence-electron chi connectivity index (χ2n) is 4.41. The van der Waals surface area contributed by atoms with Crippen molar-refractivity contribution in [2.24, 2.45) is 0 Å². The number of rotatable bonds is 3. The third kappa shape index (κ3) is 2.35. The molecule has 102 valence electrons. The molecule has 0 bridgehead atoms. The summed E-state index contributed by atoms with van der Waals surface area (Å²) in [7, 11) is 0. The van der Waals surface area contributed by atoms with Crippen LogP contribution in [0.5, 0.6) is 0 Å². The van der Waals surface area contributed by atoms with Gasteiger partial charge in [-0.1, -0.05) is 6.07 Å². The summed E-state index contributed by atoms with van der Waals surface area (Å²) in [5, 5.41) is 2.84. The molecule has 0 radical (unpaired) electrons. The minimum atomic E-state index is -0.235. The topological polar surface area (TPSA) is 90.6 Å². The van der Waals surface area contributed by atoms with Gasteiger partial charge in [0.15, 0.2) is 0 Å². The van der Waals surface area contributed by atoms with Crippen LogP contribution in [-0.2, 0) is 6.54 Å². The SMILES string of the molecule is Cc1ncsc1C(=O)NCc1ccc2[nH]c(=O)[nH]c2c1. The molecule has 0 saturated carbocycles. The highest BCUT2D eigenvalue weighted by atomic mass is 32.1. The van der Waals surface area contributed by atoms with E-state index in [0.717, 1.165) is 22.3 Å². The van der Waals surface area contributed by atoms with Crippen LogP contribution in [0.4, 0.5) is 0 Å². The summed E-state index contributed by atoms with van der Waals surface area (Å²) in [6, 6.07) is 5.52. The maximum Gasteiger partial charge on any atom is 0.323 e. The molecular weight excluding hydrogens is 276 g/mol. The van der Waals surface area contributed by atoms with E-state index in [1.807, 2.05) is 25.1 Å². The van der Waals surface area contributed by atoms with Gasteiger partial charge < -0.3 is 15.3 Å². The molecule has 3 N–H and O–H groups in total. The number of imidazole rings is 1. The lowest BCUT2D eigenvalue weighted by molar-refractivity contribution is 0.0954. The largest absolute Gasteiger partial charge is 0.347 e. The van der Waals surface area contributed by atoms with Crippen molar-refractivity contribution in [1.82, 2.24) is 20.3 Å². The van der Waals surface area contributed by atoms with Crippen LogP contribution in [0.3, 0.4) is 0 Å². The first-order valence-corrected chi connectivity index (χ1v) is 6.90. The van der Waals surface area contributed by atoms with Gasteiger partial charge in [0.1, 0.15) is 4.88 Å². The Balaban J connectivity index is 1.75. The number of hydrogen-bond donors (Lipinski definition) is 3. The summed E-state index contributed by atoms with van der Waals surface area (Å²) in [6.45, 7) is 2.21. The number of nitrogens with one attached hydrogen (secondary N) is 3. The average molecular weight is 288 g/mol. The second-order valence-corrected chi connectivity index (χ2v) is 5.26. The number of fused-ring (bicyclic) bond motifs is 1. The minimum absolute atomic E-state index is 0.132. The van der Waals surface area contributed by atoms with E-state index in [0.29, 0.717) is 11.4 Å². The zero-order valence-corrected chi connectivity index (χ0v) is 11.5. The molecule has 3 aromatic rings. The summed E-state index contributed by atoms with van der Waals surface area (Å²) >= 11 is 1.32. The van der Waals surface area contributed by atoms with E-state index in [1.165, 1.54) is 11.3 Å². The van der Waals surface area contributed by atoms with E-state index in [4.69, 9.17) is 0 Å². The summed E-state index contributed by atoms with van der Waals surface area (Å²) < 4.78 is 0. The highest BCUT2D eigenvalue weighted by Gasteiger charge is 2.11. The Kier molecular flexibility index (Phi) is 3.11. The fourth-order valence-electron chi connectivity index (χ4n) is 1.97. The standard InChI is InChI=1S/C13H12N4O2S/c1-7-11(20-6-15-7)12(18)14-5-8-2-3-9-10(4-8)17-13(19)16-9/h2-4,6H,5H2,1H3,(H,14,18)(H2,16,17,19). The van der Waals surface area contributed by atoms with E-state index in [2.05, 4.69) is 20.3 Å². The molecule has 1 amide bonds. The van der Waals surface area contributed by atoms with Gasteiger partial charge >= 0.3 is 5.69 Å². The Hall–Kier alpha value is -2.41. The van der Waals surface area contributed by atoms with Crippen LogP contribution < -0.4 is 11.0 Å². The third-order valence-corrected chi connectivity index (χ3v) is 3.91. The van der Waals surface area contributed by atoms with E-state index >= 15 is 0 Å². The van der Waals surface area contributed by atoms with Gasteiger partial charge in [-0.2, -0.15) is 0 Å². The third-order valence-electron chi connectivity index (χ3n) is 2.99. The normalized spacial score (nSPS) is 10.8. The van der Waals surface area contributed by atoms with Crippen LogP contribution in [0.2, 0.25) is 0 Å². The van der Waals surface area contributed by atoms with E-state index < -0.39 is 0 Å². The quantitative estimate of drug-likeness (QED) is 0.683. The van der Waals surface area contributed by atoms with Gasteiger partial charge in [-0.05, 0) is 24.6 Å². The van der Waals surface area contributed by atoms with Crippen LogP contribution >= 0.6 is 11.3 Å². The lowest BCUT2D eigenvalue weighted by atomic mass is 10.2. The van der Waals surface area contributed by atoms with Crippen molar-refractivity contribution in [2.45, 2.75) is 13.5 Å². The molecule has 0 saturated heterocycles. The number of H-pyrrole nitrogens is 2. The van der Waals surface area contributed by atoms with Gasteiger partial charge in [0.2, 0.25) is 0 Å². The molecule has 0 aliphatic rings. The van der Waals surface area contributed by atoms with Gasteiger partial charge in [-0.3, -0.25) is 4.79 Å². The molecule has 0 aliphatic carbocycles. The monoisotopic (exact) mass is 288 g/mol. The average Bonchev–Trinajstić information content (AvgIpc) is 3.00. The van der Waals surface area contributed by atoms with Crippen molar-refractivity contribution in [3.63, 3.8) is 0 Å². The van der Waals surface area contributed by atoms with Gasteiger partial charge in [0, 0.05) is 6.54 Å². The van der Waals surface area contributed by atoms with Crippen molar-refractivity contribution >= 4 is 28.3 Å². The molecule has 20 heavy (non-hydrogen) atoms. The highest BCUT2D eigenvalue weighted by Crippen LogP contribution is 2.13. The number of aromatic nitrogens is 3. The molecule has 2 aromatic heterocycles. The molecule has 0 unspecified atom stereocenters. The number of nitrogens with zero attached hydrogens (tertiary/aromatic N) is 1. The van der Waals surface area contributed by atoms with Crippen molar-refractivity contribution in [3.8, 4) is 0 Å². The molecule has 0 atom stereocenters. The van der Waals surface area contributed by atoms with Crippen LogP contribution in [0, 0.1) is 6.92 Å². The fraction of sp³-hybridized carbons (Fsp3) is 0.154. The van der Waals surface area contributed by atoms with Gasteiger partial charge in [-0.15, -0.1) is 11.3 Å². The smallest absolute Gasteiger partial charge is 0.323 e. The van der Waals surface area contributed by atoms with Crippen LogP contribution in [0.1, 0.15) is 20.9 Å². The molecule has 1 aromatic carbocycles. The van der Waals surface area contributed by atoms with E-state index in [1.54, 1.807) is 5.51 Å². The molecule has 3 rings (SSSR count). The Morgan fingerprint density at radius 1 is 1.35 bits per heavy atom.